The van der Waals surface area contributed by atoms with Gasteiger partial charge in [-0.1, -0.05) is 30.3 Å². The molecule has 0 radical (unpaired) electrons. The number of anilines is 1. The van der Waals surface area contributed by atoms with Gasteiger partial charge in [0.25, 0.3) is 5.69 Å². The smallest absolute Gasteiger partial charge is 0.269 e. The van der Waals surface area contributed by atoms with Crippen molar-refractivity contribution in [1.29, 1.82) is 0 Å². The van der Waals surface area contributed by atoms with Crippen LogP contribution in [0.25, 0.3) is 11.1 Å². The summed E-state index contributed by atoms with van der Waals surface area (Å²) < 4.78 is 1.63. The van der Waals surface area contributed by atoms with Crippen LogP contribution in [0.5, 0.6) is 0 Å². The van der Waals surface area contributed by atoms with Crippen molar-refractivity contribution in [1.82, 2.24) is 9.78 Å². The van der Waals surface area contributed by atoms with E-state index in [1.54, 1.807) is 23.9 Å². The zero-order valence-corrected chi connectivity index (χ0v) is 12.6. The number of aryl methyl sites for hydroxylation is 1. The van der Waals surface area contributed by atoms with E-state index in [4.69, 9.17) is 5.73 Å². The van der Waals surface area contributed by atoms with E-state index < -0.39 is 4.92 Å². The molecule has 1 aromatic heterocycles. The lowest BCUT2D eigenvalue weighted by molar-refractivity contribution is -0.384. The fourth-order valence-corrected chi connectivity index (χ4v) is 2.57. The molecular formula is C17H16N4O2. The van der Waals surface area contributed by atoms with Crippen LogP contribution in [0, 0.1) is 10.1 Å². The van der Waals surface area contributed by atoms with Gasteiger partial charge in [0.1, 0.15) is 5.82 Å². The number of nitrogen functional groups attached to an aromatic ring is 1. The number of hydrogen-bond acceptors (Lipinski definition) is 4. The number of benzene rings is 2. The first-order chi connectivity index (χ1) is 11.1. The van der Waals surface area contributed by atoms with E-state index in [-0.39, 0.29) is 5.69 Å². The number of nitrogens with two attached hydrogens (primary N) is 1. The molecule has 0 atom stereocenters. The number of nitro groups is 1. The maximum atomic E-state index is 10.8. The molecule has 0 aliphatic carbocycles. The van der Waals surface area contributed by atoms with Crippen LogP contribution in [-0.2, 0) is 13.5 Å². The first-order valence-electron chi connectivity index (χ1n) is 7.16. The molecule has 0 saturated carbocycles. The minimum absolute atomic E-state index is 0.0563. The highest BCUT2D eigenvalue weighted by Gasteiger charge is 2.17. The van der Waals surface area contributed by atoms with Gasteiger partial charge in [-0.05, 0) is 23.3 Å². The Morgan fingerprint density at radius 3 is 2.39 bits per heavy atom. The molecule has 0 saturated heterocycles. The van der Waals surface area contributed by atoms with Crippen molar-refractivity contribution in [3.05, 3.63) is 76.0 Å². The molecular weight excluding hydrogens is 292 g/mol. The molecule has 6 nitrogen and oxygen atoms in total. The van der Waals surface area contributed by atoms with E-state index in [0.717, 1.165) is 22.4 Å². The van der Waals surface area contributed by atoms with Gasteiger partial charge in [-0.2, -0.15) is 5.10 Å². The summed E-state index contributed by atoms with van der Waals surface area (Å²) >= 11 is 0. The molecule has 0 aliphatic heterocycles. The number of non-ortho nitro benzene ring substituents is 1. The summed E-state index contributed by atoms with van der Waals surface area (Å²) in [5, 5.41) is 15.3. The number of nitrogens with zero attached hydrogens (tertiary/aromatic N) is 3. The molecule has 0 fully saturated rings. The quantitative estimate of drug-likeness (QED) is 0.592. The van der Waals surface area contributed by atoms with Crippen LogP contribution in [0.1, 0.15) is 11.3 Å². The van der Waals surface area contributed by atoms with Crippen molar-refractivity contribution in [3.8, 4) is 11.1 Å². The van der Waals surface area contributed by atoms with E-state index >= 15 is 0 Å². The van der Waals surface area contributed by atoms with Crippen LogP contribution >= 0.6 is 0 Å². The lowest BCUT2D eigenvalue weighted by Crippen LogP contribution is -1.98. The van der Waals surface area contributed by atoms with Crippen LogP contribution in [0.3, 0.4) is 0 Å². The largest absolute Gasteiger partial charge is 0.383 e. The molecule has 2 aromatic carbocycles. The molecule has 116 valence electrons. The number of hydrogen-bond donors (Lipinski definition) is 1. The lowest BCUT2D eigenvalue weighted by atomic mass is 10.0. The minimum atomic E-state index is -0.415. The molecule has 0 amide bonds. The van der Waals surface area contributed by atoms with Crippen LogP contribution in [-0.4, -0.2) is 14.7 Å². The third kappa shape index (κ3) is 2.91. The van der Waals surface area contributed by atoms with Crippen LogP contribution in [0.4, 0.5) is 11.5 Å². The number of rotatable bonds is 4. The minimum Gasteiger partial charge on any atom is -0.383 e. The lowest BCUT2D eigenvalue weighted by Gasteiger charge is -2.04. The maximum absolute atomic E-state index is 10.8. The molecule has 3 rings (SSSR count). The van der Waals surface area contributed by atoms with Crippen molar-refractivity contribution in [2.75, 3.05) is 5.73 Å². The van der Waals surface area contributed by atoms with Gasteiger partial charge in [-0.3, -0.25) is 14.8 Å². The summed E-state index contributed by atoms with van der Waals surface area (Å²) in [6.07, 6.45) is 0.651. The van der Waals surface area contributed by atoms with Gasteiger partial charge in [0.05, 0.1) is 10.6 Å². The topological polar surface area (TPSA) is 87.0 Å². The summed E-state index contributed by atoms with van der Waals surface area (Å²) in [7, 11) is 1.79. The van der Waals surface area contributed by atoms with Gasteiger partial charge in [0.15, 0.2) is 0 Å². The fraction of sp³-hybridized carbons (Fsp3) is 0.118. The zero-order valence-electron chi connectivity index (χ0n) is 12.6. The monoisotopic (exact) mass is 308 g/mol. The summed E-state index contributed by atoms with van der Waals surface area (Å²) in [5.41, 5.74) is 9.85. The van der Waals surface area contributed by atoms with Gasteiger partial charge in [-0.25, -0.2) is 0 Å². The van der Waals surface area contributed by atoms with Crippen molar-refractivity contribution in [3.63, 3.8) is 0 Å². The molecule has 0 aliphatic rings. The van der Waals surface area contributed by atoms with E-state index in [9.17, 15) is 10.1 Å². The van der Waals surface area contributed by atoms with Gasteiger partial charge in [0.2, 0.25) is 0 Å². The Hall–Kier alpha value is -3.15. The summed E-state index contributed by atoms with van der Waals surface area (Å²) in [5.74, 6) is 0.546. The van der Waals surface area contributed by atoms with Crippen LogP contribution in [0.15, 0.2) is 54.6 Å². The SMILES string of the molecule is Cn1nc(Cc2ccccc2)c(-c2ccc([N+](=O)[O-])cc2)c1N. The molecule has 23 heavy (non-hydrogen) atoms. The number of nitro benzene ring substituents is 1. The van der Waals surface area contributed by atoms with E-state index in [2.05, 4.69) is 5.10 Å². The molecule has 0 unspecified atom stereocenters. The summed E-state index contributed by atoms with van der Waals surface area (Å²) in [6.45, 7) is 0. The highest BCUT2D eigenvalue weighted by atomic mass is 16.6. The van der Waals surface area contributed by atoms with E-state index in [0.29, 0.717) is 12.2 Å². The first-order valence-corrected chi connectivity index (χ1v) is 7.16. The third-order valence-electron chi connectivity index (χ3n) is 3.75. The Labute approximate surface area is 133 Å². The average molecular weight is 308 g/mol. The number of aromatic nitrogens is 2. The van der Waals surface area contributed by atoms with Crippen LogP contribution in [0.2, 0.25) is 0 Å². The Balaban J connectivity index is 2.02. The second kappa shape index (κ2) is 5.92. The van der Waals surface area contributed by atoms with Crippen molar-refractivity contribution in [2.24, 2.45) is 7.05 Å². The van der Waals surface area contributed by atoms with Gasteiger partial charge < -0.3 is 5.73 Å². The van der Waals surface area contributed by atoms with E-state index in [1.165, 1.54) is 12.1 Å². The first kappa shape index (κ1) is 14.8. The fourth-order valence-electron chi connectivity index (χ4n) is 2.57. The van der Waals surface area contributed by atoms with Gasteiger partial charge >= 0.3 is 0 Å². The third-order valence-corrected chi connectivity index (χ3v) is 3.75. The summed E-state index contributed by atoms with van der Waals surface area (Å²) in [4.78, 5) is 10.4. The second-order valence-electron chi connectivity index (χ2n) is 5.30. The molecule has 2 N–H and O–H groups in total. The van der Waals surface area contributed by atoms with Gasteiger partial charge in [-0.15, -0.1) is 0 Å². The summed E-state index contributed by atoms with van der Waals surface area (Å²) in [6, 6.07) is 16.4. The van der Waals surface area contributed by atoms with Crippen LogP contribution < -0.4 is 5.73 Å². The Morgan fingerprint density at radius 1 is 1.13 bits per heavy atom. The molecule has 6 heteroatoms. The average Bonchev–Trinajstić information content (AvgIpc) is 2.83. The second-order valence-corrected chi connectivity index (χ2v) is 5.30. The predicted molar refractivity (Wildman–Crippen MR) is 89.0 cm³/mol. The van der Waals surface area contributed by atoms with Crippen molar-refractivity contribution < 1.29 is 4.92 Å². The Bertz CT molecular complexity index is 839. The highest BCUT2D eigenvalue weighted by molar-refractivity contribution is 5.77. The predicted octanol–water partition coefficient (Wildman–Crippen LogP) is 3.17. The van der Waals surface area contributed by atoms with Crippen molar-refractivity contribution in [2.45, 2.75) is 6.42 Å². The molecule has 0 bridgehead atoms. The molecule has 1 heterocycles. The zero-order chi connectivity index (χ0) is 16.4. The van der Waals surface area contributed by atoms with Crippen molar-refractivity contribution >= 4 is 11.5 Å². The van der Waals surface area contributed by atoms with Gasteiger partial charge in [0, 0.05) is 31.2 Å². The Morgan fingerprint density at radius 2 is 1.78 bits per heavy atom. The Kier molecular flexibility index (Phi) is 3.80. The standard InChI is InChI=1S/C17H16N4O2/c1-20-17(18)16(13-7-9-14(10-8-13)21(22)23)15(19-20)11-12-5-3-2-4-6-12/h2-10H,11,18H2,1H3. The molecule has 0 spiro atoms. The molecule has 3 aromatic rings. The normalized spacial score (nSPS) is 10.7. The highest BCUT2D eigenvalue weighted by Crippen LogP contribution is 2.31. The maximum Gasteiger partial charge on any atom is 0.269 e. The van der Waals surface area contributed by atoms with E-state index in [1.807, 2.05) is 30.3 Å².